The number of benzene rings is 2. The predicted octanol–water partition coefficient (Wildman–Crippen LogP) is 4.10. The molecule has 0 spiro atoms. The molecule has 0 bridgehead atoms. The Bertz CT molecular complexity index is 1450. The Kier molecular flexibility index (Phi) is 6.03. The summed E-state index contributed by atoms with van der Waals surface area (Å²) < 4.78 is 27.8. The maximum Gasteiger partial charge on any atom is 0.272 e. The first-order chi connectivity index (χ1) is 16.4. The van der Waals surface area contributed by atoms with E-state index in [1.54, 1.807) is 66.0 Å². The van der Waals surface area contributed by atoms with Crippen molar-refractivity contribution in [3.8, 4) is 11.1 Å². The molecule has 172 valence electrons. The van der Waals surface area contributed by atoms with E-state index in [4.69, 9.17) is 11.6 Å². The molecule has 0 aliphatic carbocycles. The van der Waals surface area contributed by atoms with Crippen LogP contribution in [0.3, 0.4) is 0 Å². The van der Waals surface area contributed by atoms with Gasteiger partial charge in [-0.15, -0.1) is 0 Å². The smallest absolute Gasteiger partial charge is 0.272 e. The molecule has 1 amide bonds. The largest absolute Gasteiger partial charge is 0.335 e. The molecule has 1 aliphatic rings. The van der Waals surface area contributed by atoms with Crippen LogP contribution in [-0.2, 0) is 10.0 Å². The lowest BCUT2D eigenvalue weighted by Gasteiger charge is -2.33. The van der Waals surface area contributed by atoms with Gasteiger partial charge in [-0.2, -0.15) is 4.31 Å². The molecule has 1 saturated heterocycles. The molecule has 7 nitrogen and oxygen atoms in total. The number of hydrogen-bond acceptors (Lipinski definition) is 5. The monoisotopic (exact) mass is 492 g/mol. The number of aromatic nitrogens is 2. The Labute approximate surface area is 202 Å². The lowest BCUT2D eigenvalue weighted by molar-refractivity contribution is 0.0692. The molecule has 1 fully saturated rings. The number of halogens is 1. The summed E-state index contributed by atoms with van der Waals surface area (Å²) in [6.45, 7) is 1.05. The molecule has 0 unspecified atom stereocenters. The Hall–Kier alpha value is -3.33. The van der Waals surface area contributed by atoms with Crippen LogP contribution >= 0.6 is 11.6 Å². The Morgan fingerprint density at radius 3 is 2.24 bits per heavy atom. The van der Waals surface area contributed by atoms with Crippen LogP contribution in [0.25, 0.3) is 21.9 Å². The van der Waals surface area contributed by atoms with E-state index in [-0.39, 0.29) is 23.9 Å². The van der Waals surface area contributed by atoms with Gasteiger partial charge in [0.1, 0.15) is 5.69 Å². The topological polar surface area (TPSA) is 83.5 Å². The van der Waals surface area contributed by atoms with Gasteiger partial charge in [-0.25, -0.2) is 8.42 Å². The number of fused-ring (bicyclic) bond motifs is 1. The standard InChI is InChI=1S/C25H21ClN4O3S/c26-22-4-1-20-16-23(5-2-19(20)15-22)34(32,33)30-13-11-29(12-14-30)25(31)24-6-3-21(17-28-24)18-7-9-27-10-8-18/h1-10,15-17H,11-14H2. The summed E-state index contributed by atoms with van der Waals surface area (Å²) >= 11 is 6.02. The maximum absolute atomic E-state index is 13.2. The highest BCUT2D eigenvalue weighted by atomic mass is 35.5. The van der Waals surface area contributed by atoms with E-state index in [2.05, 4.69) is 9.97 Å². The highest BCUT2D eigenvalue weighted by molar-refractivity contribution is 7.89. The minimum absolute atomic E-state index is 0.207. The quantitative estimate of drug-likeness (QED) is 0.428. The van der Waals surface area contributed by atoms with Crippen LogP contribution in [0.15, 0.2) is 84.1 Å². The second-order valence-electron chi connectivity index (χ2n) is 8.02. The maximum atomic E-state index is 13.2. The molecule has 1 aliphatic heterocycles. The number of hydrogen-bond donors (Lipinski definition) is 0. The summed E-state index contributed by atoms with van der Waals surface area (Å²) in [7, 11) is -3.67. The number of amides is 1. The van der Waals surface area contributed by atoms with Gasteiger partial charge >= 0.3 is 0 Å². The number of pyridine rings is 2. The second-order valence-corrected chi connectivity index (χ2v) is 10.4. The first kappa shape index (κ1) is 22.5. The first-order valence-electron chi connectivity index (χ1n) is 10.8. The lowest BCUT2D eigenvalue weighted by Crippen LogP contribution is -2.50. The molecular weight excluding hydrogens is 472 g/mol. The summed E-state index contributed by atoms with van der Waals surface area (Å²) in [6.07, 6.45) is 5.07. The third-order valence-corrected chi connectivity index (χ3v) is 8.06. The van der Waals surface area contributed by atoms with Crippen molar-refractivity contribution in [3.63, 3.8) is 0 Å². The van der Waals surface area contributed by atoms with Crippen LogP contribution in [-0.4, -0.2) is 59.7 Å². The van der Waals surface area contributed by atoms with Crippen molar-refractivity contribution in [1.29, 1.82) is 0 Å². The van der Waals surface area contributed by atoms with Crippen LogP contribution in [0, 0.1) is 0 Å². The highest BCUT2D eigenvalue weighted by Crippen LogP contribution is 2.25. The predicted molar refractivity (Wildman–Crippen MR) is 131 cm³/mol. The molecule has 5 rings (SSSR count). The van der Waals surface area contributed by atoms with Gasteiger partial charge < -0.3 is 4.90 Å². The van der Waals surface area contributed by atoms with Gasteiger partial charge in [0.2, 0.25) is 10.0 Å². The molecule has 0 atom stereocenters. The molecule has 0 radical (unpaired) electrons. The van der Waals surface area contributed by atoms with Gasteiger partial charge in [-0.3, -0.25) is 14.8 Å². The molecule has 9 heteroatoms. The lowest BCUT2D eigenvalue weighted by atomic mass is 10.1. The van der Waals surface area contributed by atoms with E-state index in [1.807, 2.05) is 18.2 Å². The van der Waals surface area contributed by atoms with Gasteiger partial charge in [0.05, 0.1) is 4.90 Å². The van der Waals surface area contributed by atoms with Crippen LogP contribution in [0.4, 0.5) is 0 Å². The van der Waals surface area contributed by atoms with Crippen LogP contribution in [0.5, 0.6) is 0 Å². The molecule has 0 saturated carbocycles. The van der Waals surface area contributed by atoms with Crippen molar-refractivity contribution in [1.82, 2.24) is 19.2 Å². The molecule has 2 aromatic carbocycles. The van der Waals surface area contributed by atoms with Crippen molar-refractivity contribution < 1.29 is 13.2 Å². The highest BCUT2D eigenvalue weighted by Gasteiger charge is 2.31. The van der Waals surface area contributed by atoms with E-state index in [0.29, 0.717) is 23.8 Å². The summed E-state index contributed by atoms with van der Waals surface area (Å²) in [5, 5.41) is 2.29. The third kappa shape index (κ3) is 4.40. The second kappa shape index (κ2) is 9.13. The van der Waals surface area contributed by atoms with Crippen LogP contribution in [0.1, 0.15) is 10.5 Å². The minimum Gasteiger partial charge on any atom is -0.335 e. The Balaban J connectivity index is 1.27. The molecule has 34 heavy (non-hydrogen) atoms. The van der Waals surface area contributed by atoms with Crippen molar-refractivity contribution >= 4 is 38.3 Å². The van der Waals surface area contributed by atoms with Crippen molar-refractivity contribution in [2.75, 3.05) is 26.2 Å². The SMILES string of the molecule is O=C(c1ccc(-c2ccncc2)cn1)N1CCN(S(=O)(=O)c2ccc3cc(Cl)ccc3c2)CC1. The van der Waals surface area contributed by atoms with E-state index < -0.39 is 10.0 Å². The van der Waals surface area contributed by atoms with Gasteiger partial charge in [-0.1, -0.05) is 29.8 Å². The Morgan fingerprint density at radius 1 is 0.824 bits per heavy atom. The molecular formula is C25H21ClN4O3S. The number of carbonyl (C=O) groups excluding carboxylic acids is 1. The van der Waals surface area contributed by atoms with Crippen LogP contribution in [0.2, 0.25) is 5.02 Å². The summed E-state index contributed by atoms with van der Waals surface area (Å²) in [4.78, 5) is 23.1. The van der Waals surface area contributed by atoms with Crippen molar-refractivity contribution in [3.05, 3.63) is 90.0 Å². The molecule has 0 N–H and O–H groups in total. The number of rotatable bonds is 4. The first-order valence-corrected chi connectivity index (χ1v) is 12.6. The normalized spacial score (nSPS) is 14.9. The summed E-state index contributed by atoms with van der Waals surface area (Å²) in [6, 6.07) is 17.7. The van der Waals surface area contributed by atoms with Gasteiger partial charge in [0.15, 0.2) is 0 Å². The zero-order valence-electron chi connectivity index (χ0n) is 18.1. The number of piperazine rings is 1. The average molecular weight is 493 g/mol. The van der Waals surface area contributed by atoms with E-state index >= 15 is 0 Å². The van der Waals surface area contributed by atoms with Crippen LogP contribution < -0.4 is 0 Å². The molecule has 4 aromatic rings. The molecule has 2 aromatic heterocycles. The third-order valence-electron chi connectivity index (χ3n) is 5.93. The average Bonchev–Trinajstić information content (AvgIpc) is 2.88. The summed E-state index contributed by atoms with van der Waals surface area (Å²) in [5.74, 6) is -0.207. The van der Waals surface area contributed by atoms with Gasteiger partial charge in [0, 0.05) is 55.4 Å². The van der Waals surface area contributed by atoms with Crippen molar-refractivity contribution in [2.24, 2.45) is 0 Å². The van der Waals surface area contributed by atoms with E-state index in [1.165, 1.54) is 4.31 Å². The van der Waals surface area contributed by atoms with Gasteiger partial charge in [-0.05, 0) is 58.8 Å². The van der Waals surface area contributed by atoms with E-state index in [0.717, 1.165) is 21.9 Å². The number of sulfonamides is 1. The zero-order valence-corrected chi connectivity index (χ0v) is 19.7. The number of nitrogens with zero attached hydrogens (tertiary/aromatic N) is 4. The van der Waals surface area contributed by atoms with Gasteiger partial charge in [0.25, 0.3) is 5.91 Å². The van der Waals surface area contributed by atoms with Crippen molar-refractivity contribution in [2.45, 2.75) is 4.90 Å². The number of carbonyl (C=O) groups is 1. The summed E-state index contributed by atoms with van der Waals surface area (Å²) in [5.41, 5.74) is 2.20. The fourth-order valence-corrected chi connectivity index (χ4v) is 5.67. The fraction of sp³-hybridized carbons (Fsp3) is 0.160. The zero-order chi connectivity index (χ0) is 23.7. The Morgan fingerprint density at radius 2 is 1.53 bits per heavy atom. The fourth-order valence-electron chi connectivity index (χ4n) is 4.03. The van der Waals surface area contributed by atoms with E-state index in [9.17, 15) is 13.2 Å². The molecule has 3 heterocycles. The minimum atomic E-state index is -3.67.